The molecule has 1 aromatic heterocycles. The fourth-order valence-corrected chi connectivity index (χ4v) is 2.06. The Morgan fingerprint density at radius 3 is 2.79 bits per heavy atom. The van der Waals surface area contributed by atoms with Crippen LogP contribution in [0.25, 0.3) is 0 Å². The fourth-order valence-electron chi connectivity index (χ4n) is 2.06. The van der Waals surface area contributed by atoms with Crippen molar-refractivity contribution in [2.45, 2.75) is 32.0 Å². The van der Waals surface area contributed by atoms with Crippen molar-refractivity contribution in [1.82, 2.24) is 14.9 Å². The monoisotopic (exact) mass is 259 g/mol. The number of aliphatic hydroxyl groups is 1. The molecule has 0 aliphatic rings. The van der Waals surface area contributed by atoms with Crippen LogP contribution in [0.15, 0.2) is 49.1 Å². The van der Waals surface area contributed by atoms with E-state index in [9.17, 15) is 5.11 Å². The van der Waals surface area contributed by atoms with Gasteiger partial charge in [0.15, 0.2) is 0 Å². The number of nitrogens with zero attached hydrogens (tertiary/aromatic N) is 2. The molecule has 1 aromatic carbocycles. The van der Waals surface area contributed by atoms with Gasteiger partial charge in [-0.2, -0.15) is 0 Å². The molecule has 2 aromatic rings. The maximum Gasteiger partial charge on any atom is 0.0945 e. The van der Waals surface area contributed by atoms with E-state index in [0.717, 1.165) is 25.1 Å². The molecule has 102 valence electrons. The predicted molar refractivity (Wildman–Crippen MR) is 75.7 cm³/mol. The van der Waals surface area contributed by atoms with Gasteiger partial charge in [-0.1, -0.05) is 30.3 Å². The average molecular weight is 259 g/mol. The molecule has 19 heavy (non-hydrogen) atoms. The lowest BCUT2D eigenvalue weighted by Crippen LogP contribution is -2.33. The first-order valence-electron chi connectivity index (χ1n) is 6.69. The number of aliphatic hydroxyl groups excluding tert-OH is 1. The second-order valence-corrected chi connectivity index (χ2v) is 4.75. The van der Waals surface area contributed by atoms with Crippen molar-refractivity contribution in [3.63, 3.8) is 0 Å². The number of hydrogen-bond donors (Lipinski definition) is 2. The number of aryl methyl sites for hydroxylation is 1. The van der Waals surface area contributed by atoms with E-state index in [1.54, 1.807) is 6.20 Å². The molecule has 0 radical (unpaired) electrons. The predicted octanol–water partition coefficient (Wildman–Crippen LogP) is 1.98. The van der Waals surface area contributed by atoms with Crippen LogP contribution in [-0.4, -0.2) is 27.2 Å². The second kappa shape index (κ2) is 7.07. The molecule has 0 aliphatic carbocycles. The third kappa shape index (κ3) is 4.19. The van der Waals surface area contributed by atoms with E-state index < -0.39 is 6.10 Å². The number of imidazole rings is 1. The van der Waals surface area contributed by atoms with Gasteiger partial charge in [0.2, 0.25) is 0 Å². The van der Waals surface area contributed by atoms with Crippen molar-refractivity contribution < 1.29 is 5.11 Å². The summed E-state index contributed by atoms with van der Waals surface area (Å²) in [7, 11) is 0. The molecule has 2 rings (SSSR count). The first kappa shape index (κ1) is 13.8. The molecule has 2 unspecified atom stereocenters. The molecule has 0 saturated heterocycles. The van der Waals surface area contributed by atoms with Gasteiger partial charge in [-0.05, 0) is 25.5 Å². The Morgan fingerprint density at radius 1 is 1.32 bits per heavy atom. The van der Waals surface area contributed by atoms with Crippen LogP contribution in [-0.2, 0) is 6.54 Å². The average Bonchev–Trinajstić information content (AvgIpc) is 2.96. The van der Waals surface area contributed by atoms with Crippen molar-refractivity contribution in [2.75, 3.05) is 6.54 Å². The van der Waals surface area contributed by atoms with E-state index >= 15 is 0 Å². The summed E-state index contributed by atoms with van der Waals surface area (Å²) >= 11 is 0. The van der Waals surface area contributed by atoms with Crippen LogP contribution < -0.4 is 5.32 Å². The number of nitrogens with one attached hydrogen (secondary N) is 1. The Balaban J connectivity index is 1.70. The van der Waals surface area contributed by atoms with Gasteiger partial charge in [-0.3, -0.25) is 0 Å². The molecular formula is C15H21N3O. The first-order valence-corrected chi connectivity index (χ1v) is 6.69. The molecule has 1 heterocycles. The maximum atomic E-state index is 10.2. The molecule has 2 N–H and O–H groups in total. The summed E-state index contributed by atoms with van der Waals surface area (Å²) in [6.45, 7) is 3.83. The third-order valence-corrected chi connectivity index (χ3v) is 3.23. The molecule has 0 amide bonds. The Bertz CT molecular complexity index is 456. The summed E-state index contributed by atoms with van der Waals surface area (Å²) in [5.74, 6) is 0. The lowest BCUT2D eigenvalue weighted by atomic mass is 10.0. The first-order chi connectivity index (χ1) is 9.27. The van der Waals surface area contributed by atoms with E-state index in [-0.39, 0.29) is 6.04 Å². The highest BCUT2D eigenvalue weighted by Crippen LogP contribution is 2.15. The van der Waals surface area contributed by atoms with Gasteiger partial charge in [0.05, 0.1) is 12.4 Å². The summed E-state index contributed by atoms with van der Waals surface area (Å²) in [6.07, 6.45) is 6.12. The minimum absolute atomic E-state index is 0.0465. The van der Waals surface area contributed by atoms with Crippen LogP contribution in [0, 0.1) is 0 Å². The summed E-state index contributed by atoms with van der Waals surface area (Å²) in [6, 6.07) is 9.81. The van der Waals surface area contributed by atoms with Crippen molar-refractivity contribution in [1.29, 1.82) is 0 Å². The van der Waals surface area contributed by atoms with E-state index in [4.69, 9.17) is 0 Å². The van der Waals surface area contributed by atoms with Crippen LogP contribution in [0.5, 0.6) is 0 Å². The number of rotatable bonds is 7. The molecule has 0 fully saturated rings. The van der Waals surface area contributed by atoms with Crippen LogP contribution in [0.3, 0.4) is 0 Å². The van der Waals surface area contributed by atoms with Gasteiger partial charge in [0.25, 0.3) is 0 Å². The van der Waals surface area contributed by atoms with E-state index in [0.29, 0.717) is 0 Å². The summed E-state index contributed by atoms with van der Waals surface area (Å²) in [5.41, 5.74) is 0.956. The van der Waals surface area contributed by atoms with Gasteiger partial charge in [0, 0.05) is 25.0 Å². The fraction of sp³-hybridized carbons (Fsp3) is 0.400. The van der Waals surface area contributed by atoms with E-state index in [2.05, 4.69) is 14.9 Å². The van der Waals surface area contributed by atoms with Crippen molar-refractivity contribution in [2.24, 2.45) is 0 Å². The lowest BCUT2D eigenvalue weighted by Gasteiger charge is -2.20. The topological polar surface area (TPSA) is 50.1 Å². The van der Waals surface area contributed by atoms with Crippen LogP contribution in [0.2, 0.25) is 0 Å². The standard InChI is InChI=1S/C15H21N3O/c1-13(15(19)14-6-3-2-4-7-14)17-8-5-10-18-11-9-16-12-18/h2-4,6-7,9,11-13,15,17,19H,5,8,10H2,1H3. The molecule has 4 nitrogen and oxygen atoms in total. The highest BCUT2D eigenvalue weighted by Gasteiger charge is 2.14. The third-order valence-electron chi connectivity index (χ3n) is 3.23. The number of hydrogen-bond acceptors (Lipinski definition) is 3. The largest absolute Gasteiger partial charge is 0.387 e. The maximum absolute atomic E-state index is 10.2. The minimum Gasteiger partial charge on any atom is -0.387 e. The summed E-state index contributed by atoms with van der Waals surface area (Å²) < 4.78 is 2.06. The Kier molecular flexibility index (Phi) is 5.12. The highest BCUT2D eigenvalue weighted by atomic mass is 16.3. The molecule has 0 aliphatic heterocycles. The Morgan fingerprint density at radius 2 is 2.11 bits per heavy atom. The van der Waals surface area contributed by atoms with Crippen LogP contribution >= 0.6 is 0 Å². The molecule has 0 saturated carbocycles. The minimum atomic E-state index is -0.463. The smallest absolute Gasteiger partial charge is 0.0945 e. The Labute approximate surface area is 114 Å². The molecule has 2 atom stereocenters. The highest BCUT2D eigenvalue weighted by molar-refractivity contribution is 5.18. The number of aromatic nitrogens is 2. The van der Waals surface area contributed by atoms with E-state index in [1.165, 1.54) is 0 Å². The quantitative estimate of drug-likeness (QED) is 0.748. The van der Waals surface area contributed by atoms with Crippen LogP contribution in [0.1, 0.15) is 25.0 Å². The normalized spacial score (nSPS) is 14.2. The number of benzene rings is 1. The molecular weight excluding hydrogens is 238 g/mol. The molecule has 0 bridgehead atoms. The zero-order valence-electron chi connectivity index (χ0n) is 11.2. The lowest BCUT2D eigenvalue weighted by molar-refractivity contribution is 0.136. The van der Waals surface area contributed by atoms with E-state index in [1.807, 2.05) is 49.8 Å². The van der Waals surface area contributed by atoms with Crippen LogP contribution in [0.4, 0.5) is 0 Å². The van der Waals surface area contributed by atoms with Gasteiger partial charge in [-0.15, -0.1) is 0 Å². The molecule has 0 spiro atoms. The van der Waals surface area contributed by atoms with Gasteiger partial charge >= 0.3 is 0 Å². The zero-order valence-corrected chi connectivity index (χ0v) is 11.2. The van der Waals surface area contributed by atoms with Crippen molar-refractivity contribution in [3.05, 3.63) is 54.6 Å². The van der Waals surface area contributed by atoms with Gasteiger partial charge in [-0.25, -0.2) is 4.98 Å². The van der Waals surface area contributed by atoms with Gasteiger partial charge < -0.3 is 15.0 Å². The summed E-state index contributed by atoms with van der Waals surface area (Å²) in [4.78, 5) is 4.01. The van der Waals surface area contributed by atoms with Crippen molar-refractivity contribution in [3.8, 4) is 0 Å². The zero-order chi connectivity index (χ0) is 13.5. The SMILES string of the molecule is CC(NCCCn1ccnc1)C(O)c1ccccc1. The summed E-state index contributed by atoms with van der Waals surface area (Å²) in [5, 5.41) is 13.6. The van der Waals surface area contributed by atoms with Gasteiger partial charge in [0.1, 0.15) is 0 Å². The Hall–Kier alpha value is -1.65. The second-order valence-electron chi connectivity index (χ2n) is 4.75. The molecule has 4 heteroatoms. The van der Waals surface area contributed by atoms with Crippen molar-refractivity contribution >= 4 is 0 Å².